The Kier molecular flexibility index (Phi) is 2.18. The lowest BCUT2D eigenvalue weighted by Crippen LogP contribution is -2.01. The van der Waals surface area contributed by atoms with E-state index in [4.69, 9.17) is 4.74 Å². The lowest BCUT2D eigenvalue weighted by Gasteiger charge is -2.06. The van der Waals surface area contributed by atoms with Crippen LogP contribution >= 0.6 is 0 Å². The fourth-order valence-electron chi connectivity index (χ4n) is 1.29. The van der Waals surface area contributed by atoms with E-state index in [2.05, 4.69) is 10.1 Å². The zero-order valence-electron chi connectivity index (χ0n) is 8.14. The van der Waals surface area contributed by atoms with Gasteiger partial charge in [-0.2, -0.15) is 5.10 Å². The van der Waals surface area contributed by atoms with E-state index < -0.39 is 0 Å². The third-order valence-electron chi connectivity index (χ3n) is 1.98. The third-order valence-corrected chi connectivity index (χ3v) is 1.98. The molecule has 0 amide bonds. The molecule has 0 aromatic carbocycles. The molecule has 0 aliphatic rings. The average molecular weight is 189 g/mol. The predicted octanol–water partition coefficient (Wildman–Crippen LogP) is 1.58. The Balaban J connectivity index is 2.46. The summed E-state index contributed by atoms with van der Waals surface area (Å²) in [6.45, 7) is 1.98. The molecule has 2 aromatic heterocycles. The van der Waals surface area contributed by atoms with E-state index in [9.17, 15) is 0 Å². The molecule has 14 heavy (non-hydrogen) atoms. The number of aromatic nitrogens is 3. The molecule has 0 N–H and O–H groups in total. The van der Waals surface area contributed by atoms with Crippen molar-refractivity contribution >= 4 is 0 Å². The van der Waals surface area contributed by atoms with Crippen LogP contribution in [0.3, 0.4) is 0 Å². The maximum Gasteiger partial charge on any atom is 0.156 e. The van der Waals surface area contributed by atoms with Crippen LogP contribution in [0.5, 0.6) is 5.75 Å². The average Bonchev–Trinajstić information content (AvgIpc) is 2.70. The zero-order chi connectivity index (χ0) is 9.97. The van der Waals surface area contributed by atoms with Gasteiger partial charge in [-0.25, -0.2) is 9.67 Å². The van der Waals surface area contributed by atoms with Gasteiger partial charge in [-0.3, -0.25) is 0 Å². The summed E-state index contributed by atoms with van der Waals surface area (Å²) in [6.07, 6.45) is 5.27. The Hall–Kier alpha value is -1.84. The van der Waals surface area contributed by atoms with Crippen LogP contribution in [0.4, 0.5) is 0 Å². The van der Waals surface area contributed by atoms with Crippen molar-refractivity contribution in [2.75, 3.05) is 7.11 Å². The zero-order valence-corrected chi connectivity index (χ0v) is 8.14. The van der Waals surface area contributed by atoms with Crippen molar-refractivity contribution in [3.8, 4) is 11.6 Å². The normalized spacial score (nSPS) is 10.1. The fourth-order valence-corrected chi connectivity index (χ4v) is 1.29. The molecule has 4 heteroatoms. The van der Waals surface area contributed by atoms with Crippen molar-refractivity contribution in [2.24, 2.45) is 0 Å². The van der Waals surface area contributed by atoms with Crippen LogP contribution in [-0.4, -0.2) is 21.9 Å². The molecule has 72 valence electrons. The fraction of sp³-hybridized carbons (Fsp3) is 0.200. The van der Waals surface area contributed by atoms with Gasteiger partial charge in [0.2, 0.25) is 0 Å². The highest BCUT2D eigenvalue weighted by Crippen LogP contribution is 2.16. The Labute approximate surface area is 82.2 Å². The molecule has 0 saturated heterocycles. The lowest BCUT2D eigenvalue weighted by atomic mass is 10.3. The molecule has 0 aliphatic carbocycles. The van der Waals surface area contributed by atoms with Crippen LogP contribution in [0.15, 0.2) is 30.7 Å². The van der Waals surface area contributed by atoms with Crippen LogP contribution in [0, 0.1) is 6.92 Å². The second kappa shape index (κ2) is 3.49. The minimum Gasteiger partial charge on any atom is -0.495 e. The minimum atomic E-state index is 0.762. The molecule has 0 fully saturated rings. The Bertz CT molecular complexity index is 423. The lowest BCUT2D eigenvalue weighted by molar-refractivity contribution is 0.412. The summed E-state index contributed by atoms with van der Waals surface area (Å²) >= 11 is 0. The number of aryl methyl sites for hydroxylation is 1. The number of hydrogen-bond acceptors (Lipinski definition) is 3. The van der Waals surface area contributed by atoms with Gasteiger partial charge in [0.05, 0.1) is 13.3 Å². The summed E-state index contributed by atoms with van der Waals surface area (Å²) in [5, 5.41) is 4.12. The van der Waals surface area contributed by atoms with Crippen LogP contribution in [0.2, 0.25) is 0 Å². The molecule has 4 nitrogen and oxygen atoms in total. The predicted molar refractivity (Wildman–Crippen MR) is 52.6 cm³/mol. The molecule has 0 atom stereocenters. The topological polar surface area (TPSA) is 39.9 Å². The van der Waals surface area contributed by atoms with Gasteiger partial charge in [0, 0.05) is 12.4 Å². The summed E-state index contributed by atoms with van der Waals surface area (Å²) in [6, 6.07) is 3.80. The van der Waals surface area contributed by atoms with Crippen molar-refractivity contribution in [3.05, 3.63) is 36.3 Å². The first-order chi connectivity index (χ1) is 6.81. The van der Waals surface area contributed by atoms with Crippen LogP contribution < -0.4 is 4.74 Å². The Morgan fingerprint density at radius 3 is 2.86 bits per heavy atom. The van der Waals surface area contributed by atoms with Crippen molar-refractivity contribution in [1.29, 1.82) is 0 Å². The Morgan fingerprint density at radius 2 is 2.29 bits per heavy atom. The second-order valence-corrected chi connectivity index (χ2v) is 2.97. The molecule has 0 radical (unpaired) electrons. The van der Waals surface area contributed by atoms with E-state index >= 15 is 0 Å². The van der Waals surface area contributed by atoms with Gasteiger partial charge in [-0.05, 0) is 24.6 Å². The highest BCUT2D eigenvalue weighted by atomic mass is 16.5. The van der Waals surface area contributed by atoms with Gasteiger partial charge in [-0.15, -0.1) is 0 Å². The summed E-state index contributed by atoms with van der Waals surface area (Å²) in [5.41, 5.74) is 1.04. The van der Waals surface area contributed by atoms with E-state index in [1.807, 2.05) is 25.3 Å². The molecule has 0 aliphatic heterocycles. The Morgan fingerprint density at radius 1 is 1.43 bits per heavy atom. The summed E-state index contributed by atoms with van der Waals surface area (Å²) in [4.78, 5) is 4.27. The molecule has 0 saturated carbocycles. The molecular weight excluding hydrogens is 178 g/mol. The molecule has 0 spiro atoms. The van der Waals surface area contributed by atoms with E-state index in [-0.39, 0.29) is 0 Å². The number of nitrogens with zero attached hydrogens (tertiary/aromatic N) is 3. The van der Waals surface area contributed by atoms with Crippen LogP contribution in [0.25, 0.3) is 5.82 Å². The molecule has 2 aromatic rings. The molecule has 2 heterocycles. The van der Waals surface area contributed by atoms with Crippen molar-refractivity contribution in [1.82, 2.24) is 14.8 Å². The largest absolute Gasteiger partial charge is 0.495 e. The summed E-state index contributed by atoms with van der Waals surface area (Å²) in [5.74, 6) is 1.59. The number of rotatable bonds is 2. The smallest absolute Gasteiger partial charge is 0.156 e. The van der Waals surface area contributed by atoms with Gasteiger partial charge in [-0.1, -0.05) is 0 Å². The highest BCUT2D eigenvalue weighted by molar-refractivity contribution is 5.36. The van der Waals surface area contributed by atoms with Crippen LogP contribution in [0.1, 0.15) is 5.56 Å². The van der Waals surface area contributed by atoms with E-state index in [1.54, 1.807) is 24.2 Å². The van der Waals surface area contributed by atoms with E-state index in [1.165, 1.54) is 0 Å². The number of methoxy groups -OCH3 is 1. The highest BCUT2D eigenvalue weighted by Gasteiger charge is 2.03. The molecule has 0 unspecified atom stereocenters. The standard InChI is InChI=1S/C10H11N3O/c1-8-6-9(14-2)7-11-10(8)13-5-3-4-12-13/h3-7H,1-2H3. The van der Waals surface area contributed by atoms with E-state index in [0.717, 1.165) is 17.1 Å². The number of pyridine rings is 1. The van der Waals surface area contributed by atoms with Crippen LogP contribution in [-0.2, 0) is 0 Å². The van der Waals surface area contributed by atoms with E-state index in [0.29, 0.717) is 0 Å². The second-order valence-electron chi connectivity index (χ2n) is 2.97. The molecule has 0 bridgehead atoms. The van der Waals surface area contributed by atoms with Gasteiger partial charge in [0.25, 0.3) is 0 Å². The van der Waals surface area contributed by atoms with Crippen molar-refractivity contribution in [2.45, 2.75) is 6.92 Å². The number of ether oxygens (including phenoxy) is 1. The number of hydrogen-bond donors (Lipinski definition) is 0. The van der Waals surface area contributed by atoms with Gasteiger partial charge in [0.1, 0.15) is 5.75 Å². The maximum absolute atomic E-state index is 5.08. The van der Waals surface area contributed by atoms with Crippen molar-refractivity contribution in [3.63, 3.8) is 0 Å². The monoisotopic (exact) mass is 189 g/mol. The first kappa shape index (κ1) is 8.74. The van der Waals surface area contributed by atoms with Gasteiger partial charge >= 0.3 is 0 Å². The van der Waals surface area contributed by atoms with Gasteiger partial charge in [0.15, 0.2) is 5.82 Å². The maximum atomic E-state index is 5.08. The summed E-state index contributed by atoms with van der Waals surface area (Å²) < 4.78 is 6.81. The third kappa shape index (κ3) is 1.46. The quantitative estimate of drug-likeness (QED) is 0.720. The summed E-state index contributed by atoms with van der Waals surface area (Å²) in [7, 11) is 1.63. The molecule has 2 rings (SSSR count). The SMILES string of the molecule is COc1cnc(-n2cccn2)c(C)c1. The minimum absolute atomic E-state index is 0.762. The first-order valence-corrected chi connectivity index (χ1v) is 4.32. The molecular formula is C10H11N3O. The van der Waals surface area contributed by atoms with Gasteiger partial charge < -0.3 is 4.74 Å². The van der Waals surface area contributed by atoms with Crippen molar-refractivity contribution < 1.29 is 4.74 Å². The first-order valence-electron chi connectivity index (χ1n) is 4.32.